The molecule has 116 valence electrons. The van der Waals surface area contributed by atoms with Gasteiger partial charge in [0.25, 0.3) is 0 Å². The molecule has 2 rings (SSSR count). The van der Waals surface area contributed by atoms with Crippen LogP contribution in [0.3, 0.4) is 0 Å². The van der Waals surface area contributed by atoms with E-state index in [9.17, 15) is 13.6 Å². The minimum Gasteiger partial charge on any atom is -0.478 e. The first-order valence-electron chi connectivity index (χ1n) is 6.80. The van der Waals surface area contributed by atoms with Gasteiger partial charge in [-0.3, -0.25) is 0 Å². The van der Waals surface area contributed by atoms with Crippen molar-refractivity contribution < 1.29 is 23.4 Å². The van der Waals surface area contributed by atoms with Gasteiger partial charge in [0.15, 0.2) is 0 Å². The van der Waals surface area contributed by atoms with Crippen LogP contribution >= 0.6 is 0 Å². The van der Waals surface area contributed by atoms with Crippen LogP contribution in [0, 0.1) is 0 Å². The number of ether oxygens (including phenoxy) is 1. The van der Waals surface area contributed by atoms with E-state index in [1.54, 1.807) is 0 Å². The number of halogens is 2. The maximum absolute atomic E-state index is 12.4. The third kappa shape index (κ3) is 3.81. The van der Waals surface area contributed by atoms with Crippen molar-refractivity contribution in [2.45, 2.75) is 26.4 Å². The van der Waals surface area contributed by atoms with E-state index in [2.05, 4.69) is 18.6 Å². The molecule has 5 heteroatoms. The molecule has 0 bridgehead atoms. The number of hydrogen-bond donors (Lipinski definition) is 1. The van der Waals surface area contributed by atoms with E-state index in [-0.39, 0.29) is 11.3 Å². The first-order valence-corrected chi connectivity index (χ1v) is 6.80. The van der Waals surface area contributed by atoms with Gasteiger partial charge in [-0.1, -0.05) is 38.1 Å². The standard InChI is InChI=1S/C17H16F2O3/c1-10(2)11-3-5-12(6-4-11)13-7-14(16(20)21)9-15(8-13)22-17(18)19/h3-10,17H,1-2H3,(H,20,21). The van der Waals surface area contributed by atoms with Gasteiger partial charge in [0.1, 0.15) is 5.75 Å². The Balaban J connectivity index is 2.44. The Morgan fingerprint density at radius 1 is 1.05 bits per heavy atom. The predicted octanol–water partition coefficient (Wildman–Crippen LogP) is 4.78. The predicted molar refractivity (Wildman–Crippen MR) is 79.6 cm³/mol. The van der Waals surface area contributed by atoms with E-state index in [1.807, 2.05) is 24.3 Å². The summed E-state index contributed by atoms with van der Waals surface area (Å²) in [5.74, 6) is -0.991. The molecular weight excluding hydrogens is 290 g/mol. The van der Waals surface area contributed by atoms with Crippen LogP contribution in [0.1, 0.15) is 35.7 Å². The fourth-order valence-electron chi connectivity index (χ4n) is 2.12. The van der Waals surface area contributed by atoms with Gasteiger partial charge in [-0.2, -0.15) is 8.78 Å². The highest BCUT2D eigenvalue weighted by atomic mass is 19.3. The third-order valence-electron chi connectivity index (χ3n) is 3.29. The van der Waals surface area contributed by atoms with Gasteiger partial charge in [0, 0.05) is 0 Å². The van der Waals surface area contributed by atoms with Crippen molar-refractivity contribution in [2.24, 2.45) is 0 Å². The highest BCUT2D eigenvalue weighted by Gasteiger charge is 2.12. The molecule has 0 aromatic heterocycles. The molecule has 0 saturated heterocycles. The smallest absolute Gasteiger partial charge is 0.387 e. The van der Waals surface area contributed by atoms with Crippen LogP contribution in [0.2, 0.25) is 0 Å². The third-order valence-corrected chi connectivity index (χ3v) is 3.29. The number of benzene rings is 2. The number of hydrogen-bond acceptors (Lipinski definition) is 2. The first kappa shape index (κ1) is 15.9. The summed E-state index contributed by atoms with van der Waals surface area (Å²) < 4.78 is 29.1. The Kier molecular flexibility index (Phi) is 4.75. The van der Waals surface area contributed by atoms with Gasteiger partial charge in [0.05, 0.1) is 5.56 Å². The number of rotatable bonds is 5. The SMILES string of the molecule is CC(C)c1ccc(-c2cc(OC(F)F)cc(C(=O)O)c2)cc1. The summed E-state index contributed by atoms with van der Waals surface area (Å²) >= 11 is 0. The quantitative estimate of drug-likeness (QED) is 0.865. The van der Waals surface area contributed by atoms with Gasteiger partial charge in [0.2, 0.25) is 0 Å². The molecule has 0 fully saturated rings. The minimum absolute atomic E-state index is 0.0962. The van der Waals surface area contributed by atoms with E-state index in [0.29, 0.717) is 11.5 Å². The number of carboxylic acid groups (broad SMARTS) is 1. The minimum atomic E-state index is -3.00. The second kappa shape index (κ2) is 6.56. The summed E-state index contributed by atoms with van der Waals surface area (Å²) in [6.45, 7) is 1.13. The molecule has 3 nitrogen and oxygen atoms in total. The van der Waals surface area contributed by atoms with Crippen LogP contribution in [0.15, 0.2) is 42.5 Å². The lowest BCUT2D eigenvalue weighted by atomic mass is 9.97. The Morgan fingerprint density at radius 2 is 1.68 bits per heavy atom. The zero-order valence-electron chi connectivity index (χ0n) is 12.2. The van der Waals surface area contributed by atoms with Crippen LogP contribution < -0.4 is 4.74 Å². The Labute approximate surface area is 127 Å². The zero-order chi connectivity index (χ0) is 16.3. The molecule has 0 amide bonds. The summed E-state index contributed by atoms with van der Waals surface area (Å²) in [5.41, 5.74) is 2.31. The van der Waals surface area contributed by atoms with Gasteiger partial charge < -0.3 is 9.84 Å². The monoisotopic (exact) mass is 306 g/mol. The lowest BCUT2D eigenvalue weighted by Crippen LogP contribution is -2.04. The van der Waals surface area contributed by atoms with Gasteiger partial charge in [-0.15, -0.1) is 0 Å². The summed E-state index contributed by atoms with van der Waals surface area (Å²) in [5, 5.41) is 9.09. The van der Waals surface area contributed by atoms with Crippen LogP contribution in [0.25, 0.3) is 11.1 Å². The maximum Gasteiger partial charge on any atom is 0.387 e. The molecular formula is C17H16F2O3. The normalized spacial score (nSPS) is 11.0. The molecule has 0 aliphatic heterocycles. The molecule has 0 unspecified atom stereocenters. The van der Waals surface area contributed by atoms with Crippen LogP contribution in [0.5, 0.6) is 5.75 Å². The zero-order valence-corrected chi connectivity index (χ0v) is 12.2. The summed E-state index contributed by atoms with van der Waals surface area (Å²) in [6, 6.07) is 11.5. The average molecular weight is 306 g/mol. The second-order valence-electron chi connectivity index (χ2n) is 5.21. The van der Waals surface area contributed by atoms with E-state index in [4.69, 9.17) is 5.11 Å². The molecule has 1 N–H and O–H groups in total. The molecule has 0 aliphatic carbocycles. The van der Waals surface area contributed by atoms with Crippen molar-refractivity contribution in [3.8, 4) is 16.9 Å². The molecule has 2 aromatic rings. The van der Waals surface area contributed by atoms with Gasteiger partial charge >= 0.3 is 12.6 Å². The highest BCUT2D eigenvalue weighted by molar-refractivity contribution is 5.90. The summed E-state index contributed by atoms with van der Waals surface area (Å²) in [7, 11) is 0. The first-order chi connectivity index (χ1) is 10.4. The fraction of sp³-hybridized carbons (Fsp3) is 0.235. The Bertz CT molecular complexity index is 664. The van der Waals surface area contributed by atoms with Gasteiger partial charge in [-0.05, 0) is 40.8 Å². The molecule has 0 radical (unpaired) electrons. The molecule has 22 heavy (non-hydrogen) atoms. The van der Waals surface area contributed by atoms with Crippen molar-refractivity contribution in [2.75, 3.05) is 0 Å². The van der Waals surface area contributed by atoms with Crippen molar-refractivity contribution in [1.29, 1.82) is 0 Å². The topological polar surface area (TPSA) is 46.5 Å². The number of alkyl halides is 2. The number of aromatic carboxylic acids is 1. The van der Waals surface area contributed by atoms with Crippen molar-refractivity contribution in [3.05, 3.63) is 53.6 Å². The molecule has 0 atom stereocenters. The molecule has 0 saturated carbocycles. The molecule has 0 spiro atoms. The fourth-order valence-corrected chi connectivity index (χ4v) is 2.12. The Hall–Kier alpha value is -2.43. The lowest BCUT2D eigenvalue weighted by Gasteiger charge is -2.10. The van der Waals surface area contributed by atoms with Crippen molar-refractivity contribution in [1.82, 2.24) is 0 Å². The molecule has 0 heterocycles. The number of carboxylic acids is 1. The van der Waals surface area contributed by atoms with E-state index >= 15 is 0 Å². The van der Waals surface area contributed by atoms with Crippen molar-refractivity contribution in [3.63, 3.8) is 0 Å². The second-order valence-corrected chi connectivity index (χ2v) is 5.21. The summed E-state index contributed by atoms with van der Waals surface area (Å²) in [4.78, 5) is 11.1. The maximum atomic E-state index is 12.4. The lowest BCUT2D eigenvalue weighted by molar-refractivity contribution is -0.0498. The van der Waals surface area contributed by atoms with Gasteiger partial charge in [-0.25, -0.2) is 4.79 Å². The largest absolute Gasteiger partial charge is 0.478 e. The Morgan fingerprint density at radius 3 is 2.18 bits per heavy atom. The highest BCUT2D eigenvalue weighted by Crippen LogP contribution is 2.28. The van der Waals surface area contributed by atoms with Crippen LogP contribution in [0.4, 0.5) is 8.78 Å². The van der Waals surface area contributed by atoms with E-state index < -0.39 is 12.6 Å². The molecule has 2 aromatic carbocycles. The molecule has 0 aliphatic rings. The van der Waals surface area contributed by atoms with Crippen LogP contribution in [-0.4, -0.2) is 17.7 Å². The average Bonchev–Trinajstić information content (AvgIpc) is 2.46. The van der Waals surface area contributed by atoms with Crippen LogP contribution in [-0.2, 0) is 0 Å². The summed E-state index contributed by atoms with van der Waals surface area (Å²) in [6.07, 6.45) is 0. The van der Waals surface area contributed by atoms with E-state index in [1.165, 1.54) is 12.1 Å². The van der Waals surface area contributed by atoms with E-state index in [0.717, 1.165) is 17.2 Å². The number of carbonyl (C=O) groups is 1. The van der Waals surface area contributed by atoms with Crippen molar-refractivity contribution >= 4 is 5.97 Å².